The summed E-state index contributed by atoms with van der Waals surface area (Å²) in [5.74, 6) is -19.8. The minimum atomic E-state index is -5.64. The molecule has 2 saturated heterocycles. The molecule has 0 aliphatic carbocycles. The summed E-state index contributed by atoms with van der Waals surface area (Å²) in [4.78, 5) is 231. The van der Waals surface area contributed by atoms with Crippen molar-refractivity contribution < 1.29 is 129 Å². The number of benzene rings is 3. The number of para-hydroxylation sites is 1. The first-order valence-electron chi connectivity index (χ1n) is 36.7. The molecular weight excluding hydrogens is 1600 g/mol. The molecular formula is C73H100BrN19NaO20S+. The first kappa shape index (κ1) is 95.0. The molecule has 21 N–H and O–H groups in total. The standard InChI is InChI=1S/C73H100BrN19O20S.Na/c1-37(2)58(90-69(106)59(38(3)4)89-67(104)54-20-14-28-93(54)70(107)50(87-61(98)39(5)82-36-94)30-42-21-23-44(74)24-22-42)68(105)86-49(31-43-33-80-46-18-12-11-17-45(43)46)64(101)84-47(19-13-27-79-73(77)78)63(100)88-52(35-114(110,111)112)65(102)91-60-40(6)113-72(109)51(32-56(76)96)83-57(97)34-81-62(99)48(29-41-15-9-8-10-16-41)85-66(103)53(25-26-55(75)95)92(7)71(60)108;/h8-12,15-18,21-24,33,36-40,47-54,58-60,80H,13-14,19-20,25-32,34-35H2,1-7H3,(H2,75,95)(H2,76,96)(H,81,99)(H,82,94)(H,83,97)(H,84,101)(H,85,103)(H,86,105)(H,87,98)(H,88,100)(H,89,104)(H,90,106)(H,91,102)(H4,77,78,79)(H,110,111,112);/q;+1/t39?,40?,47?,48?,49?,50?,51?,52?,53-,54?,58?,59?,60?;/m0./s1. The molecule has 0 bridgehead atoms. The zero-order valence-corrected chi connectivity index (χ0v) is 69.3. The van der Waals surface area contributed by atoms with E-state index < -0.39 is 227 Å². The van der Waals surface area contributed by atoms with Gasteiger partial charge in [-0.2, -0.15) is 0 Å². The number of likely N-dealkylation sites (N-methyl/N-ethyl adjacent to an activating group) is 1. The summed E-state index contributed by atoms with van der Waals surface area (Å²) in [5, 5.41) is 27.7. The van der Waals surface area contributed by atoms with E-state index in [-0.39, 0.29) is 80.7 Å². The molecule has 0 saturated carbocycles. The van der Waals surface area contributed by atoms with E-state index in [0.717, 1.165) is 18.4 Å². The Bertz CT molecular complexity index is 4330. The zero-order chi connectivity index (χ0) is 84.4. The minimum absolute atomic E-state index is 0. The molecule has 39 nitrogen and oxygen atoms in total. The number of ether oxygens (including phenoxy) is 1. The number of fused-ring (bicyclic) bond motifs is 1. The van der Waals surface area contributed by atoms with Crippen molar-refractivity contribution in [3.8, 4) is 0 Å². The summed E-state index contributed by atoms with van der Waals surface area (Å²) in [6.07, 6.45) is -2.86. The number of H-pyrrole nitrogens is 1. The van der Waals surface area contributed by atoms with Gasteiger partial charge in [0.1, 0.15) is 78.6 Å². The summed E-state index contributed by atoms with van der Waals surface area (Å²) in [5.41, 5.74) is 24.4. The van der Waals surface area contributed by atoms with Gasteiger partial charge in [-0.05, 0) is 92.7 Å². The Morgan fingerprint density at radius 3 is 1.94 bits per heavy atom. The van der Waals surface area contributed by atoms with Gasteiger partial charge in [-0.15, -0.1) is 0 Å². The van der Waals surface area contributed by atoms with Crippen LogP contribution in [0, 0.1) is 11.8 Å². The minimum Gasteiger partial charge on any atom is -0.748 e. The molecule has 115 heavy (non-hydrogen) atoms. The van der Waals surface area contributed by atoms with Gasteiger partial charge in [-0.25, -0.2) is 13.2 Å². The fourth-order valence-electron chi connectivity index (χ4n) is 12.7. The Balaban J connectivity index is 0.0000236. The number of cyclic esters (lactones) is 1. The fraction of sp³-hybridized carbons (Fsp3) is 0.493. The van der Waals surface area contributed by atoms with Crippen molar-refractivity contribution in [3.05, 3.63) is 106 Å². The summed E-state index contributed by atoms with van der Waals surface area (Å²) < 4.78 is 44.9. The van der Waals surface area contributed by atoms with Gasteiger partial charge in [0, 0.05) is 60.8 Å². The Morgan fingerprint density at radius 2 is 1.31 bits per heavy atom. The van der Waals surface area contributed by atoms with Crippen molar-refractivity contribution in [2.75, 3.05) is 32.4 Å². The number of aromatic nitrogens is 1. The van der Waals surface area contributed by atoms with Crippen LogP contribution in [0.15, 0.2) is 89.5 Å². The topological polar surface area (TPSA) is 612 Å². The first-order chi connectivity index (χ1) is 53.7. The summed E-state index contributed by atoms with van der Waals surface area (Å²) in [6.45, 7) is 7.91. The van der Waals surface area contributed by atoms with E-state index in [9.17, 15) is 80.1 Å². The number of hydrogen-bond acceptors (Lipinski definition) is 20. The van der Waals surface area contributed by atoms with Crippen LogP contribution < -0.4 is 116 Å². The zero-order valence-electron chi connectivity index (χ0n) is 64.9. The first-order valence-corrected chi connectivity index (χ1v) is 39.1. The summed E-state index contributed by atoms with van der Waals surface area (Å²) in [6, 6.07) is 1.99. The second-order valence-electron chi connectivity index (χ2n) is 28.4. The Labute approximate surface area is 693 Å². The average Bonchev–Trinajstić information content (AvgIpc) is 1.74. The van der Waals surface area contributed by atoms with Crippen molar-refractivity contribution in [3.63, 3.8) is 0 Å². The van der Waals surface area contributed by atoms with E-state index in [4.69, 9.17) is 27.7 Å². The van der Waals surface area contributed by atoms with E-state index in [1.165, 1.54) is 11.8 Å². The molecule has 2 aliphatic heterocycles. The van der Waals surface area contributed by atoms with Crippen molar-refractivity contribution >= 4 is 138 Å². The molecule has 2 fully saturated rings. The third-order valence-electron chi connectivity index (χ3n) is 18.9. The van der Waals surface area contributed by atoms with Gasteiger partial charge in [-0.3, -0.25) is 88.4 Å². The normalized spacial score (nSPS) is 19.5. The van der Waals surface area contributed by atoms with Crippen molar-refractivity contribution in [2.45, 2.75) is 184 Å². The number of halogens is 1. The van der Waals surface area contributed by atoms with Crippen molar-refractivity contribution in [1.29, 1.82) is 0 Å². The molecule has 3 aromatic carbocycles. The third-order valence-corrected chi connectivity index (χ3v) is 20.1. The smallest absolute Gasteiger partial charge is 0.748 e. The number of amides is 15. The van der Waals surface area contributed by atoms with E-state index >= 15 is 9.59 Å². The second kappa shape index (κ2) is 44.9. The molecule has 13 atom stereocenters. The summed E-state index contributed by atoms with van der Waals surface area (Å²) in [7, 11) is -4.65. The molecule has 42 heteroatoms. The molecule has 12 unspecified atom stereocenters. The molecule has 0 radical (unpaired) electrons. The Kier molecular flexibility index (Phi) is 37.1. The third kappa shape index (κ3) is 29.3. The average molecular weight is 1700 g/mol. The number of likely N-dealkylation sites (tertiary alicyclic amines) is 1. The van der Waals surface area contributed by atoms with Gasteiger partial charge in [0.15, 0.2) is 0 Å². The van der Waals surface area contributed by atoms with Crippen LogP contribution in [0.25, 0.3) is 10.9 Å². The van der Waals surface area contributed by atoms with Crippen LogP contribution in [0.2, 0.25) is 0 Å². The molecule has 15 amide bonds. The number of esters is 1. The predicted octanol–water partition coefficient (Wildman–Crippen LogP) is -9.53. The number of primary amides is 2. The fourth-order valence-corrected chi connectivity index (χ4v) is 13.6. The van der Waals surface area contributed by atoms with E-state index in [2.05, 4.69) is 84.4 Å². The number of rotatable bonds is 36. The molecule has 4 aromatic rings. The molecule has 6 rings (SSSR count). The van der Waals surface area contributed by atoms with Crippen molar-refractivity contribution in [1.82, 2.24) is 73.3 Å². The van der Waals surface area contributed by atoms with Crippen LogP contribution in [-0.2, 0) is 111 Å². The predicted molar refractivity (Wildman–Crippen MR) is 411 cm³/mol. The van der Waals surface area contributed by atoms with Gasteiger partial charge >= 0.3 is 41.5 Å². The number of nitrogens with two attached hydrogens (primary N) is 4. The number of nitrogens with zero attached hydrogens (tertiary/aromatic N) is 2. The van der Waals surface area contributed by atoms with Crippen LogP contribution in [-0.4, -0.2) is 240 Å². The number of carbonyl (C=O) groups excluding carboxylic acids is 16. The molecule has 3 heterocycles. The monoisotopic (exact) mass is 1700 g/mol. The van der Waals surface area contributed by atoms with E-state index in [0.29, 0.717) is 45.3 Å². The molecule has 0 spiro atoms. The molecule has 620 valence electrons. The summed E-state index contributed by atoms with van der Waals surface area (Å²) >= 11 is 3.39. The van der Waals surface area contributed by atoms with Crippen LogP contribution >= 0.6 is 15.9 Å². The van der Waals surface area contributed by atoms with Gasteiger partial charge in [0.25, 0.3) is 0 Å². The second-order valence-corrected chi connectivity index (χ2v) is 30.8. The van der Waals surface area contributed by atoms with Crippen LogP contribution in [0.4, 0.5) is 0 Å². The number of aromatic amines is 1. The van der Waals surface area contributed by atoms with Gasteiger partial charge in [0.2, 0.25) is 89.1 Å². The van der Waals surface area contributed by atoms with Crippen LogP contribution in [0.5, 0.6) is 0 Å². The number of hydrogen-bond donors (Lipinski definition) is 17. The number of carbonyl (C=O) groups is 16. The maximum absolute atomic E-state index is 15.2. The largest absolute Gasteiger partial charge is 1.00 e. The van der Waals surface area contributed by atoms with Crippen LogP contribution in [0.1, 0.15) is 103 Å². The Hall–Kier alpha value is -10.6. The van der Waals surface area contributed by atoms with Crippen molar-refractivity contribution in [2.24, 2.45) is 34.8 Å². The van der Waals surface area contributed by atoms with Gasteiger partial charge in [0.05, 0.1) is 35.4 Å². The number of nitrogens with one attached hydrogen (secondary N) is 13. The van der Waals surface area contributed by atoms with E-state index in [1.54, 1.807) is 113 Å². The van der Waals surface area contributed by atoms with Gasteiger partial charge < -0.3 is 94.0 Å². The van der Waals surface area contributed by atoms with Gasteiger partial charge in [-0.1, -0.05) is 104 Å². The maximum Gasteiger partial charge on any atom is 1.00 e. The SMILES string of the molecule is CC(NC=O)C(=O)NC(Cc1ccc(Br)cc1)C(=O)N1CCCC1C(=O)NC(C(=O)NC(C(=O)NC(Cc1c[nH]c2ccccc12)C(=O)NC(CCC[NH+]=C(N)N)C(=O)NC(CS(=O)(=O)[O-])C(=O)NC1C(=O)N(C)[C@@H](CCC(N)=O)C(=O)NC(Cc2ccccc2)C(=O)NCC(=O)NC(CC(N)=O)C(=O)OC1C)C(C)C)C(C)C.[Na+]. The number of guanidine groups is 1. The molecule has 2 aliphatic rings. The van der Waals surface area contributed by atoms with E-state index in [1.807, 2.05) is 0 Å². The Morgan fingerprint density at radius 1 is 0.704 bits per heavy atom. The maximum atomic E-state index is 15.2. The molecule has 1 aromatic heterocycles. The van der Waals surface area contributed by atoms with Crippen LogP contribution in [0.3, 0.4) is 0 Å². The quantitative estimate of drug-likeness (QED) is 0.00382.